The number of ether oxygens (including phenoxy) is 2. The van der Waals surface area contributed by atoms with E-state index in [0.29, 0.717) is 21.7 Å². The van der Waals surface area contributed by atoms with Crippen LogP contribution in [-0.4, -0.2) is 34.4 Å². The summed E-state index contributed by atoms with van der Waals surface area (Å²) >= 11 is 7.75. The predicted octanol–water partition coefficient (Wildman–Crippen LogP) is 4.78. The van der Waals surface area contributed by atoms with Crippen molar-refractivity contribution in [3.8, 4) is 16.6 Å². The zero-order valence-electron chi connectivity index (χ0n) is 16.6. The topological polar surface area (TPSA) is 78.3 Å². The molecule has 9 heteroatoms. The number of rotatable bonds is 6. The van der Waals surface area contributed by atoms with Crippen LogP contribution < -0.4 is 14.8 Å². The number of hydrogen-bond acceptors (Lipinski definition) is 6. The number of aryl methyl sites for hydroxylation is 2. The molecule has 2 heterocycles. The molecule has 1 N–H and O–H groups in total. The third-order valence-electron chi connectivity index (χ3n) is 4.40. The molecule has 0 aliphatic carbocycles. The average molecular weight is 443 g/mol. The summed E-state index contributed by atoms with van der Waals surface area (Å²) in [5, 5.41) is 8.59. The summed E-state index contributed by atoms with van der Waals surface area (Å²) < 4.78 is 13.2. The summed E-state index contributed by atoms with van der Waals surface area (Å²) in [6.45, 7) is 3.70. The van der Waals surface area contributed by atoms with E-state index in [-0.39, 0.29) is 12.5 Å². The van der Waals surface area contributed by atoms with Gasteiger partial charge in [0.15, 0.2) is 6.61 Å². The Morgan fingerprint density at radius 1 is 1.17 bits per heavy atom. The minimum absolute atomic E-state index is 0.138. The first-order valence-corrected chi connectivity index (χ1v) is 10.3. The second-order valence-electron chi connectivity index (χ2n) is 6.63. The molecule has 0 bridgehead atoms. The van der Waals surface area contributed by atoms with Gasteiger partial charge >= 0.3 is 0 Å². The molecule has 0 atom stereocenters. The highest BCUT2D eigenvalue weighted by Crippen LogP contribution is 2.34. The highest BCUT2D eigenvalue weighted by atomic mass is 35.5. The Morgan fingerprint density at radius 2 is 1.90 bits per heavy atom. The minimum atomic E-state index is -0.303. The Balaban J connectivity index is 1.52. The van der Waals surface area contributed by atoms with Gasteiger partial charge in [-0.2, -0.15) is 9.78 Å². The van der Waals surface area contributed by atoms with E-state index < -0.39 is 0 Å². The van der Waals surface area contributed by atoms with Gasteiger partial charge in [-0.3, -0.25) is 4.79 Å². The van der Waals surface area contributed by atoms with Gasteiger partial charge in [-0.1, -0.05) is 29.0 Å². The van der Waals surface area contributed by atoms with E-state index in [1.54, 1.807) is 42.1 Å². The third-order valence-corrected chi connectivity index (χ3v) is 5.89. The van der Waals surface area contributed by atoms with E-state index in [2.05, 4.69) is 15.4 Å². The van der Waals surface area contributed by atoms with E-state index in [9.17, 15) is 4.79 Å². The lowest BCUT2D eigenvalue weighted by Crippen LogP contribution is -2.21. The van der Waals surface area contributed by atoms with E-state index in [4.69, 9.17) is 21.1 Å². The lowest BCUT2D eigenvalue weighted by atomic mass is 10.2. The molecular formula is C21H19ClN4O3S. The maximum absolute atomic E-state index is 12.4. The van der Waals surface area contributed by atoms with Crippen molar-refractivity contribution in [2.24, 2.45) is 0 Å². The maximum Gasteiger partial charge on any atom is 0.263 e. The van der Waals surface area contributed by atoms with Crippen LogP contribution in [0.4, 0.5) is 5.82 Å². The normalized spacial score (nSPS) is 10.9. The molecule has 0 saturated carbocycles. The lowest BCUT2D eigenvalue weighted by molar-refractivity contribution is -0.118. The maximum atomic E-state index is 12.4. The number of fused-ring (bicyclic) bond motifs is 1. The van der Waals surface area contributed by atoms with Crippen molar-refractivity contribution in [1.29, 1.82) is 0 Å². The smallest absolute Gasteiger partial charge is 0.263 e. The Kier molecular flexibility index (Phi) is 5.61. The third kappa shape index (κ3) is 4.10. The molecule has 0 radical (unpaired) electrons. The van der Waals surface area contributed by atoms with Gasteiger partial charge in [0.05, 0.1) is 28.0 Å². The second-order valence-corrected chi connectivity index (χ2v) is 8.02. The number of halogens is 1. The lowest BCUT2D eigenvalue weighted by Gasteiger charge is -2.08. The van der Waals surface area contributed by atoms with Crippen molar-refractivity contribution in [3.63, 3.8) is 0 Å². The number of thiazole rings is 1. The Bertz CT molecular complexity index is 1180. The van der Waals surface area contributed by atoms with Gasteiger partial charge in [-0.25, -0.2) is 4.98 Å². The zero-order chi connectivity index (χ0) is 21.3. The van der Waals surface area contributed by atoms with Crippen LogP contribution in [0.5, 0.6) is 11.5 Å². The predicted molar refractivity (Wildman–Crippen MR) is 118 cm³/mol. The summed E-state index contributed by atoms with van der Waals surface area (Å²) in [6, 6.07) is 12.6. The largest absolute Gasteiger partial charge is 0.497 e. The molecule has 0 aliphatic rings. The van der Waals surface area contributed by atoms with Crippen LogP contribution in [0.15, 0.2) is 42.5 Å². The van der Waals surface area contributed by atoms with Gasteiger partial charge in [-0.15, -0.1) is 0 Å². The van der Waals surface area contributed by atoms with Gasteiger partial charge in [0.1, 0.15) is 17.3 Å². The van der Waals surface area contributed by atoms with Gasteiger partial charge in [0, 0.05) is 6.07 Å². The fourth-order valence-electron chi connectivity index (χ4n) is 2.92. The van der Waals surface area contributed by atoms with Gasteiger partial charge in [0.2, 0.25) is 5.13 Å². The Hall–Kier alpha value is -3.10. The minimum Gasteiger partial charge on any atom is -0.497 e. The van der Waals surface area contributed by atoms with Crippen LogP contribution >= 0.6 is 22.9 Å². The van der Waals surface area contributed by atoms with Gasteiger partial charge < -0.3 is 14.8 Å². The number of amides is 1. The van der Waals surface area contributed by atoms with E-state index >= 15 is 0 Å². The number of nitrogens with one attached hydrogen (secondary N) is 1. The fraction of sp³-hybridized carbons (Fsp3) is 0.190. The molecule has 0 unspecified atom stereocenters. The highest BCUT2D eigenvalue weighted by molar-refractivity contribution is 7.21. The molecule has 154 valence electrons. The molecule has 0 aliphatic heterocycles. The van der Waals surface area contributed by atoms with Crippen molar-refractivity contribution >= 4 is 44.9 Å². The van der Waals surface area contributed by atoms with Crippen molar-refractivity contribution in [1.82, 2.24) is 14.8 Å². The molecule has 0 fully saturated rings. The Morgan fingerprint density at radius 3 is 2.60 bits per heavy atom. The number of hydrogen-bond donors (Lipinski definition) is 1. The molecule has 0 saturated heterocycles. The molecule has 2 aromatic heterocycles. The SMILES string of the molecule is COc1ccc(OCC(=O)Nc2cc(C)nn2-c2nc3c(C)ccc(Cl)c3s2)cc1. The summed E-state index contributed by atoms with van der Waals surface area (Å²) in [6.07, 6.45) is 0. The summed E-state index contributed by atoms with van der Waals surface area (Å²) in [4.78, 5) is 17.1. The van der Waals surface area contributed by atoms with Crippen molar-refractivity contribution in [3.05, 3.63) is 58.7 Å². The number of anilines is 1. The number of carbonyl (C=O) groups excluding carboxylic acids is 1. The summed E-state index contributed by atoms with van der Waals surface area (Å²) in [5.41, 5.74) is 2.61. The molecule has 30 heavy (non-hydrogen) atoms. The molecule has 7 nitrogen and oxygen atoms in total. The zero-order valence-corrected chi connectivity index (χ0v) is 18.2. The highest BCUT2D eigenvalue weighted by Gasteiger charge is 2.17. The number of nitrogens with zero attached hydrogens (tertiary/aromatic N) is 3. The molecular weight excluding hydrogens is 424 g/mol. The number of aromatic nitrogens is 3. The quantitative estimate of drug-likeness (QED) is 0.465. The van der Waals surface area contributed by atoms with Crippen LogP contribution in [-0.2, 0) is 4.79 Å². The van der Waals surface area contributed by atoms with E-state index in [0.717, 1.165) is 27.2 Å². The molecule has 4 aromatic rings. The van der Waals surface area contributed by atoms with Gasteiger partial charge in [0.25, 0.3) is 5.91 Å². The van der Waals surface area contributed by atoms with E-state index in [1.807, 2.05) is 26.0 Å². The number of carbonyl (C=O) groups is 1. The first kappa shape index (κ1) is 20.2. The van der Waals surface area contributed by atoms with Crippen LogP contribution in [0.2, 0.25) is 5.02 Å². The monoisotopic (exact) mass is 442 g/mol. The number of benzene rings is 2. The van der Waals surface area contributed by atoms with Crippen LogP contribution in [0.1, 0.15) is 11.3 Å². The van der Waals surface area contributed by atoms with Crippen LogP contribution in [0.3, 0.4) is 0 Å². The van der Waals surface area contributed by atoms with Crippen molar-refractivity contribution < 1.29 is 14.3 Å². The second kappa shape index (κ2) is 8.33. The first-order chi connectivity index (χ1) is 14.4. The fourth-order valence-corrected chi connectivity index (χ4v) is 4.20. The number of methoxy groups -OCH3 is 1. The first-order valence-electron chi connectivity index (χ1n) is 9.14. The van der Waals surface area contributed by atoms with Gasteiger partial charge in [-0.05, 0) is 49.7 Å². The molecule has 1 amide bonds. The Labute approximate surface area is 182 Å². The van der Waals surface area contributed by atoms with Crippen LogP contribution in [0, 0.1) is 13.8 Å². The average Bonchev–Trinajstić information content (AvgIpc) is 3.34. The van der Waals surface area contributed by atoms with E-state index in [1.165, 1.54) is 11.3 Å². The molecule has 2 aromatic carbocycles. The molecule has 4 rings (SSSR count). The standard InChI is InChI=1S/C21H19ClN4O3S/c1-12-4-9-16(22)20-19(12)24-21(30-20)26-17(10-13(2)25-26)23-18(27)11-29-15-7-5-14(28-3)6-8-15/h4-10H,11H2,1-3H3,(H,23,27). The summed E-state index contributed by atoms with van der Waals surface area (Å²) in [5.74, 6) is 1.51. The van der Waals surface area contributed by atoms with Crippen LogP contribution in [0.25, 0.3) is 15.3 Å². The molecule has 0 spiro atoms. The van der Waals surface area contributed by atoms with Crippen molar-refractivity contribution in [2.75, 3.05) is 19.0 Å². The summed E-state index contributed by atoms with van der Waals surface area (Å²) in [7, 11) is 1.59. The van der Waals surface area contributed by atoms with Crippen molar-refractivity contribution in [2.45, 2.75) is 13.8 Å².